The van der Waals surface area contributed by atoms with Gasteiger partial charge in [-0.25, -0.2) is 0 Å². The van der Waals surface area contributed by atoms with Gasteiger partial charge in [-0.3, -0.25) is 9.69 Å². The van der Waals surface area contributed by atoms with Crippen molar-refractivity contribution >= 4 is 40.3 Å². The van der Waals surface area contributed by atoms with Gasteiger partial charge in [0.25, 0.3) is 5.91 Å². The molecule has 1 aliphatic heterocycles. The van der Waals surface area contributed by atoms with Crippen LogP contribution >= 0.6 is 24.0 Å². The first kappa shape index (κ1) is 18.3. The number of hydrogen-bond acceptors (Lipinski definition) is 5. The van der Waals surface area contributed by atoms with Crippen LogP contribution in [0.1, 0.15) is 37.7 Å². The van der Waals surface area contributed by atoms with Crippen molar-refractivity contribution in [3.05, 3.63) is 28.7 Å². The summed E-state index contributed by atoms with van der Waals surface area (Å²) in [5.74, 6) is 2.08. The van der Waals surface area contributed by atoms with E-state index in [4.69, 9.17) is 21.7 Å². The summed E-state index contributed by atoms with van der Waals surface area (Å²) in [6, 6.07) is 5.61. The first-order valence-electron chi connectivity index (χ1n) is 8.59. The van der Waals surface area contributed by atoms with E-state index in [-0.39, 0.29) is 5.91 Å². The fourth-order valence-corrected chi connectivity index (χ4v) is 4.71. The molecule has 0 bridgehead atoms. The average molecular weight is 378 g/mol. The molecule has 1 saturated heterocycles. The first-order valence-corrected chi connectivity index (χ1v) is 9.82. The van der Waals surface area contributed by atoms with Crippen LogP contribution in [0.25, 0.3) is 6.08 Å². The second-order valence-electron chi connectivity index (χ2n) is 6.39. The highest BCUT2D eigenvalue weighted by molar-refractivity contribution is 8.26. The van der Waals surface area contributed by atoms with Gasteiger partial charge in [0.2, 0.25) is 0 Å². The van der Waals surface area contributed by atoms with Crippen molar-refractivity contribution in [2.75, 3.05) is 20.8 Å². The zero-order valence-corrected chi connectivity index (χ0v) is 16.3. The SMILES string of the molecule is COc1ccc(/C=C2\SC(=S)N(CCC3CCCC3)C2=O)cc1OC. The van der Waals surface area contributed by atoms with Crippen molar-refractivity contribution in [3.8, 4) is 11.5 Å². The average Bonchev–Trinajstić information content (AvgIpc) is 3.22. The third kappa shape index (κ3) is 4.18. The van der Waals surface area contributed by atoms with Gasteiger partial charge in [0.05, 0.1) is 19.1 Å². The van der Waals surface area contributed by atoms with Gasteiger partial charge in [-0.1, -0.05) is 55.7 Å². The van der Waals surface area contributed by atoms with Crippen molar-refractivity contribution in [2.45, 2.75) is 32.1 Å². The molecule has 25 heavy (non-hydrogen) atoms. The van der Waals surface area contributed by atoms with Crippen LogP contribution in [0, 0.1) is 5.92 Å². The minimum absolute atomic E-state index is 0.0165. The lowest BCUT2D eigenvalue weighted by Crippen LogP contribution is -2.30. The van der Waals surface area contributed by atoms with E-state index in [1.54, 1.807) is 19.1 Å². The zero-order valence-electron chi connectivity index (χ0n) is 14.6. The molecule has 1 aliphatic carbocycles. The highest BCUT2D eigenvalue weighted by Gasteiger charge is 2.32. The number of ether oxygens (including phenoxy) is 2. The molecule has 0 radical (unpaired) electrons. The van der Waals surface area contributed by atoms with Crippen LogP contribution in [0.2, 0.25) is 0 Å². The number of carbonyl (C=O) groups excluding carboxylic acids is 1. The summed E-state index contributed by atoms with van der Waals surface area (Å²) in [5, 5.41) is 0. The lowest BCUT2D eigenvalue weighted by atomic mass is 10.0. The Kier molecular flexibility index (Phi) is 6.02. The normalized spacial score (nSPS) is 19.9. The van der Waals surface area contributed by atoms with Gasteiger partial charge >= 0.3 is 0 Å². The fourth-order valence-electron chi connectivity index (χ4n) is 3.40. The second kappa shape index (κ2) is 8.23. The van der Waals surface area contributed by atoms with Gasteiger partial charge in [0.1, 0.15) is 4.32 Å². The quantitative estimate of drug-likeness (QED) is 0.540. The lowest BCUT2D eigenvalue weighted by Gasteiger charge is -2.17. The van der Waals surface area contributed by atoms with E-state index in [1.165, 1.54) is 37.4 Å². The topological polar surface area (TPSA) is 38.8 Å². The van der Waals surface area contributed by atoms with Gasteiger partial charge in [-0.05, 0) is 36.1 Å². The van der Waals surface area contributed by atoms with Gasteiger partial charge in [0.15, 0.2) is 11.5 Å². The van der Waals surface area contributed by atoms with Crippen LogP contribution < -0.4 is 9.47 Å². The Balaban J connectivity index is 1.71. The maximum atomic E-state index is 12.7. The number of methoxy groups -OCH3 is 2. The molecule has 1 aromatic carbocycles. The molecule has 1 heterocycles. The van der Waals surface area contributed by atoms with E-state index >= 15 is 0 Å². The summed E-state index contributed by atoms with van der Waals surface area (Å²) in [5.41, 5.74) is 0.897. The van der Waals surface area contributed by atoms with Gasteiger partial charge in [0, 0.05) is 6.54 Å². The first-order chi connectivity index (χ1) is 12.1. The van der Waals surface area contributed by atoms with E-state index in [0.29, 0.717) is 20.7 Å². The molecule has 134 valence electrons. The minimum Gasteiger partial charge on any atom is -0.493 e. The molecular formula is C19H23NO3S2. The van der Waals surface area contributed by atoms with Crippen molar-refractivity contribution in [2.24, 2.45) is 5.92 Å². The van der Waals surface area contributed by atoms with Crippen LogP contribution in [-0.4, -0.2) is 35.9 Å². The molecule has 0 spiro atoms. The molecule has 0 N–H and O–H groups in total. The Morgan fingerprint density at radius 3 is 2.64 bits per heavy atom. The molecule has 2 aliphatic rings. The largest absolute Gasteiger partial charge is 0.493 e. The molecule has 0 atom stereocenters. The smallest absolute Gasteiger partial charge is 0.266 e. The maximum absolute atomic E-state index is 12.7. The van der Waals surface area contributed by atoms with Gasteiger partial charge < -0.3 is 9.47 Å². The van der Waals surface area contributed by atoms with Crippen LogP contribution in [-0.2, 0) is 4.79 Å². The number of carbonyl (C=O) groups is 1. The van der Waals surface area contributed by atoms with E-state index in [0.717, 1.165) is 24.4 Å². The van der Waals surface area contributed by atoms with Crippen LogP contribution in [0.4, 0.5) is 0 Å². The molecule has 1 saturated carbocycles. The van der Waals surface area contributed by atoms with Crippen molar-refractivity contribution in [1.29, 1.82) is 0 Å². The zero-order chi connectivity index (χ0) is 17.8. The Bertz CT molecular complexity index is 696. The molecule has 4 nitrogen and oxygen atoms in total. The van der Waals surface area contributed by atoms with Crippen LogP contribution in [0.5, 0.6) is 11.5 Å². The number of rotatable bonds is 6. The number of benzene rings is 1. The number of hydrogen-bond donors (Lipinski definition) is 0. The standard InChI is InChI=1S/C19H23NO3S2/c1-22-15-8-7-14(11-16(15)23-2)12-17-18(21)20(19(24)25-17)10-9-13-5-3-4-6-13/h7-8,11-13H,3-6,9-10H2,1-2H3/b17-12-. The Morgan fingerprint density at radius 2 is 1.96 bits per heavy atom. The number of nitrogens with zero attached hydrogens (tertiary/aromatic N) is 1. The monoisotopic (exact) mass is 377 g/mol. The molecule has 1 amide bonds. The fraction of sp³-hybridized carbons (Fsp3) is 0.474. The third-order valence-corrected chi connectivity index (χ3v) is 6.19. The predicted molar refractivity (Wildman–Crippen MR) is 106 cm³/mol. The molecule has 0 aromatic heterocycles. The van der Waals surface area contributed by atoms with E-state index < -0.39 is 0 Å². The third-order valence-electron chi connectivity index (χ3n) is 4.81. The molecule has 3 rings (SSSR count). The molecule has 1 aromatic rings. The Morgan fingerprint density at radius 1 is 1.24 bits per heavy atom. The number of thioether (sulfide) groups is 1. The summed E-state index contributed by atoms with van der Waals surface area (Å²) < 4.78 is 11.2. The van der Waals surface area contributed by atoms with Crippen LogP contribution in [0.3, 0.4) is 0 Å². The van der Waals surface area contributed by atoms with Gasteiger partial charge in [-0.2, -0.15) is 0 Å². The van der Waals surface area contributed by atoms with Crippen molar-refractivity contribution in [3.63, 3.8) is 0 Å². The second-order valence-corrected chi connectivity index (χ2v) is 8.06. The summed E-state index contributed by atoms with van der Waals surface area (Å²) in [4.78, 5) is 15.1. The Labute approximate surface area is 158 Å². The lowest BCUT2D eigenvalue weighted by molar-refractivity contribution is -0.122. The van der Waals surface area contributed by atoms with Crippen molar-refractivity contribution < 1.29 is 14.3 Å². The molecule has 2 fully saturated rings. The highest BCUT2D eigenvalue weighted by Crippen LogP contribution is 2.36. The summed E-state index contributed by atoms with van der Waals surface area (Å²) in [6.07, 6.45) is 8.14. The van der Waals surface area contributed by atoms with Gasteiger partial charge in [-0.15, -0.1) is 0 Å². The summed E-state index contributed by atoms with van der Waals surface area (Å²) >= 11 is 6.80. The summed E-state index contributed by atoms with van der Waals surface area (Å²) in [7, 11) is 3.21. The van der Waals surface area contributed by atoms with E-state index in [2.05, 4.69) is 0 Å². The summed E-state index contributed by atoms with van der Waals surface area (Å²) in [6.45, 7) is 0.735. The van der Waals surface area contributed by atoms with Crippen LogP contribution in [0.15, 0.2) is 23.1 Å². The van der Waals surface area contributed by atoms with Crippen molar-refractivity contribution in [1.82, 2.24) is 4.90 Å². The molecular weight excluding hydrogens is 354 g/mol. The predicted octanol–water partition coefficient (Wildman–Crippen LogP) is 4.49. The Hall–Kier alpha value is -1.53. The van der Waals surface area contributed by atoms with E-state index in [9.17, 15) is 4.79 Å². The number of thiocarbonyl (C=S) groups is 1. The maximum Gasteiger partial charge on any atom is 0.266 e. The number of amides is 1. The molecule has 6 heteroatoms. The highest BCUT2D eigenvalue weighted by atomic mass is 32.2. The van der Waals surface area contributed by atoms with E-state index in [1.807, 2.05) is 24.3 Å². The molecule has 0 unspecified atom stereocenters. The minimum atomic E-state index is 0.0165.